The first-order chi connectivity index (χ1) is 15.6. The number of amides is 1. The van der Waals surface area contributed by atoms with Gasteiger partial charge in [-0.05, 0) is 93.3 Å². The normalized spacial score (nSPS) is 15.1. The van der Waals surface area contributed by atoms with Gasteiger partial charge in [-0.3, -0.25) is 4.79 Å². The van der Waals surface area contributed by atoms with E-state index in [2.05, 4.69) is 75.2 Å². The molecule has 1 heterocycles. The minimum atomic E-state index is -0.450. The van der Waals surface area contributed by atoms with Gasteiger partial charge in [-0.15, -0.1) is 0 Å². The van der Waals surface area contributed by atoms with Gasteiger partial charge in [0.15, 0.2) is 0 Å². The number of aryl methyl sites for hydroxylation is 1. The number of hydrazone groups is 1. The number of fused-ring (bicyclic) bond motifs is 2. The summed E-state index contributed by atoms with van der Waals surface area (Å²) in [6.45, 7) is 13.1. The highest BCUT2D eigenvalue weighted by Gasteiger charge is 2.33. The minimum absolute atomic E-state index is 0.0662. The Morgan fingerprint density at radius 1 is 1.09 bits per heavy atom. The van der Waals surface area contributed by atoms with E-state index in [9.17, 15) is 9.90 Å². The number of nitrogens with zero attached hydrogens (tertiary/aromatic N) is 2. The molecule has 0 aliphatic carbocycles. The molecule has 0 fully saturated rings. The van der Waals surface area contributed by atoms with Gasteiger partial charge in [-0.25, -0.2) is 5.43 Å². The standard InChI is InChI=1S/C28H31N3O2/c1-17(2)31-25-11-18(3)22(13-23(25)19(4)15-28(31,5)6)16-29-30-27(33)24-12-20-9-7-8-10-21(20)14-26(24)32/h7-17,32H,1-6H3,(H,30,33)/b29-16+. The molecule has 0 saturated carbocycles. The molecule has 1 aliphatic heterocycles. The van der Waals surface area contributed by atoms with Gasteiger partial charge in [0.2, 0.25) is 0 Å². The Morgan fingerprint density at radius 2 is 1.76 bits per heavy atom. The van der Waals surface area contributed by atoms with Crippen LogP contribution in [-0.2, 0) is 0 Å². The second-order valence-electron chi connectivity index (χ2n) is 9.59. The third-order valence-electron chi connectivity index (χ3n) is 6.25. The summed E-state index contributed by atoms with van der Waals surface area (Å²) in [5.74, 6) is -0.516. The summed E-state index contributed by atoms with van der Waals surface area (Å²) >= 11 is 0. The average molecular weight is 442 g/mol. The second kappa shape index (κ2) is 8.39. The molecule has 1 amide bonds. The first kappa shape index (κ1) is 22.6. The molecule has 1 aliphatic rings. The van der Waals surface area contributed by atoms with Crippen LogP contribution >= 0.6 is 0 Å². The molecule has 0 saturated heterocycles. The maximum atomic E-state index is 12.7. The highest BCUT2D eigenvalue weighted by atomic mass is 16.3. The molecule has 0 bridgehead atoms. The average Bonchev–Trinajstić information content (AvgIpc) is 2.73. The van der Waals surface area contributed by atoms with Crippen LogP contribution in [0.4, 0.5) is 5.69 Å². The maximum absolute atomic E-state index is 12.7. The molecule has 3 aromatic rings. The lowest BCUT2D eigenvalue weighted by atomic mass is 9.86. The van der Waals surface area contributed by atoms with Crippen LogP contribution in [0.3, 0.4) is 0 Å². The molecule has 0 spiro atoms. The number of anilines is 1. The number of nitrogens with one attached hydrogen (secondary N) is 1. The quantitative estimate of drug-likeness (QED) is 0.384. The van der Waals surface area contributed by atoms with Crippen molar-refractivity contribution in [3.05, 3.63) is 76.9 Å². The Balaban J connectivity index is 1.60. The number of carbonyl (C=O) groups is 1. The SMILES string of the molecule is CC1=CC(C)(C)N(C(C)C)c2cc(C)c(/C=N/NC(=O)c3cc4ccccc4cc3O)cc21. The molecule has 5 nitrogen and oxygen atoms in total. The molecule has 0 unspecified atom stereocenters. The van der Waals surface area contributed by atoms with E-state index in [-0.39, 0.29) is 16.9 Å². The highest BCUT2D eigenvalue weighted by Crippen LogP contribution is 2.41. The van der Waals surface area contributed by atoms with Gasteiger partial charge in [-0.1, -0.05) is 30.3 Å². The molecule has 170 valence electrons. The number of rotatable bonds is 4. The fourth-order valence-electron chi connectivity index (χ4n) is 4.93. The molecule has 0 atom stereocenters. The Kier molecular flexibility index (Phi) is 5.75. The first-order valence-corrected chi connectivity index (χ1v) is 11.3. The fourth-order valence-corrected chi connectivity index (χ4v) is 4.93. The van der Waals surface area contributed by atoms with Crippen molar-refractivity contribution in [3.8, 4) is 5.75 Å². The van der Waals surface area contributed by atoms with E-state index in [1.807, 2.05) is 24.3 Å². The molecule has 3 aromatic carbocycles. The fraction of sp³-hybridized carbons (Fsp3) is 0.286. The van der Waals surface area contributed by atoms with Gasteiger partial charge in [0, 0.05) is 17.3 Å². The predicted molar refractivity (Wildman–Crippen MR) is 137 cm³/mol. The summed E-state index contributed by atoms with van der Waals surface area (Å²) in [7, 11) is 0. The van der Waals surface area contributed by atoms with Gasteiger partial charge in [0.05, 0.1) is 17.3 Å². The van der Waals surface area contributed by atoms with Crippen molar-refractivity contribution in [3.63, 3.8) is 0 Å². The first-order valence-electron chi connectivity index (χ1n) is 11.3. The summed E-state index contributed by atoms with van der Waals surface area (Å²) in [5, 5.41) is 16.2. The lowest BCUT2D eigenvalue weighted by molar-refractivity contribution is 0.0952. The van der Waals surface area contributed by atoms with E-state index in [0.717, 1.165) is 21.9 Å². The molecule has 33 heavy (non-hydrogen) atoms. The van der Waals surface area contributed by atoms with Crippen LogP contribution in [0.5, 0.6) is 5.75 Å². The van der Waals surface area contributed by atoms with Crippen molar-refractivity contribution in [2.24, 2.45) is 5.10 Å². The van der Waals surface area contributed by atoms with E-state index in [0.29, 0.717) is 6.04 Å². The van der Waals surface area contributed by atoms with Crippen molar-refractivity contribution in [2.75, 3.05) is 4.90 Å². The Morgan fingerprint density at radius 3 is 2.42 bits per heavy atom. The number of allylic oxidation sites excluding steroid dienone is 1. The van der Waals surface area contributed by atoms with Crippen LogP contribution in [0.25, 0.3) is 16.3 Å². The monoisotopic (exact) mass is 441 g/mol. The van der Waals surface area contributed by atoms with Gasteiger partial charge in [-0.2, -0.15) is 5.10 Å². The van der Waals surface area contributed by atoms with Crippen molar-refractivity contribution in [2.45, 2.75) is 53.1 Å². The Hall–Kier alpha value is -3.60. The smallest absolute Gasteiger partial charge is 0.275 e. The number of phenols is 1. The van der Waals surface area contributed by atoms with Crippen LogP contribution in [0.15, 0.2) is 59.7 Å². The van der Waals surface area contributed by atoms with Gasteiger partial charge < -0.3 is 10.0 Å². The zero-order chi connectivity index (χ0) is 23.9. The van der Waals surface area contributed by atoms with Gasteiger partial charge >= 0.3 is 0 Å². The number of benzene rings is 3. The van der Waals surface area contributed by atoms with Crippen LogP contribution in [-0.4, -0.2) is 28.8 Å². The van der Waals surface area contributed by atoms with E-state index in [1.165, 1.54) is 16.8 Å². The summed E-state index contributed by atoms with van der Waals surface area (Å²) in [5.41, 5.74) is 8.32. The topological polar surface area (TPSA) is 64.9 Å². The lowest BCUT2D eigenvalue weighted by Gasteiger charge is -2.46. The van der Waals surface area contributed by atoms with Crippen LogP contribution in [0, 0.1) is 6.92 Å². The lowest BCUT2D eigenvalue weighted by Crippen LogP contribution is -2.49. The van der Waals surface area contributed by atoms with Crippen LogP contribution in [0.2, 0.25) is 0 Å². The summed E-state index contributed by atoms with van der Waals surface area (Å²) in [6, 6.07) is 15.6. The minimum Gasteiger partial charge on any atom is -0.507 e. The van der Waals surface area contributed by atoms with Crippen molar-refractivity contribution < 1.29 is 9.90 Å². The molecular formula is C28H31N3O2. The van der Waals surface area contributed by atoms with Gasteiger partial charge in [0.1, 0.15) is 5.75 Å². The molecular weight excluding hydrogens is 410 g/mol. The number of hydrogen-bond donors (Lipinski definition) is 2. The summed E-state index contributed by atoms with van der Waals surface area (Å²) < 4.78 is 0. The molecule has 0 radical (unpaired) electrons. The number of phenolic OH excluding ortho intramolecular Hbond substituents is 1. The van der Waals surface area contributed by atoms with Crippen LogP contribution < -0.4 is 10.3 Å². The van der Waals surface area contributed by atoms with Crippen molar-refractivity contribution in [1.82, 2.24) is 5.43 Å². The van der Waals surface area contributed by atoms with Gasteiger partial charge in [0.25, 0.3) is 5.91 Å². The van der Waals surface area contributed by atoms with E-state index >= 15 is 0 Å². The largest absolute Gasteiger partial charge is 0.507 e. The van der Waals surface area contributed by atoms with E-state index in [1.54, 1.807) is 18.3 Å². The van der Waals surface area contributed by atoms with E-state index in [4.69, 9.17) is 0 Å². The van der Waals surface area contributed by atoms with Crippen molar-refractivity contribution >= 4 is 34.2 Å². The predicted octanol–water partition coefficient (Wildman–Crippen LogP) is 6.03. The number of hydrogen-bond acceptors (Lipinski definition) is 4. The molecule has 0 aromatic heterocycles. The number of carbonyl (C=O) groups excluding carboxylic acids is 1. The third kappa shape index (κ3) is 4.23. The highest BCUT2D eigenvalue weighted by molar-refractivity contribution is 6.02. The molecule has 5 heteroatoms. The third-order valence-corrected chi connectivity index (χ3v) is 6.25. The zero-order valence-corrected chi connectivity index (χ0v) is 20.1. The molecule has 4 rings (SSSR count). The maximum Gasteiger partial charge on any atom is 0.275 e. The van der Waals surface area contributed by atoms with E-state index < -0.39 is 5.91 Å². The summed E-state index contributed by atoms with van der Waals surface area (Å²) in [6.07, 6.45) is 3.97. The Labute approximate surface area is 195 Å². The number of aromatic hydroxyl groups is 1. The van der Waals surface area contributed by atoms with Crippen molar-refractivity contribution in [1.29, 1.82) is 0 Å². The second-order valence-corrected chi connectivity index (χ2v) is 9.59. The summed E-state index contributed by atoms with van der Waals surface area (Å²) in [4.78, 5) is 15.1. The zero-order valence-electron chi connectivity index (χ0n) is 20.1. The Bertz CT molecular complexity index is 1300. The molecule has 2 N–H and O–H groups in total. The van der Waals surface area contributed by atoms with Crippen LogP contribution in [0.1, 0.15) is 61.7 Å².